The predicted molar refractivity (Wildman–Crippen MR) is 200 cm³/mol. The van der Waals surface area contributed by atoms with Crippen LogP contribution in [-0.2, 0) is 21.4 Å². The first-order valence-electron chi connectivity index (χ1n) is 16.8. The van der Waals surface area contributed by atoms with E-state index in [9.17, 15) is 19.5 Å². The summed E-state index contributed by atoms with van der Waals surface area (Å²) in [6.07, 6.45) is 7.88. The summed E-state index contributed by atoms with van der Waals surface area (Å²) >= 11 is 1.37. The molecule has 0 saturated carbocycles. The van der Waals surface area contributed by atoms with E-state index in [4.69, 9.17) is 4.74 Å². The van der Waals surface area contributed by atoms with E-state index in [2.05, 4.69) is 55.0 Å². The van der Waals surface area contributed by atoms with Gasteiger partial charge in [-0.25, -0.2) is 9.98 Å². The van der Waals surface area contributed by atoms with E-state index >= 15 is 0 Å². The van der Waals surface area contributed by atoms with Gasteiger partial charge in [0, 0.05) is 23.1 Å². The Balaban J connectivity index is 1.70. The number of aliphatic imine (C=N–C) groups is 2. The summed E-state index contributed by atoms with van der Waals surface area (Å²) in [5.41, 5.74) is 3.32. The number of hydrogen-bond donors (Lipinski definition) is 3. The maximum Gasteiger partial charge on any atom is 0.325 e. The summed E-state index contributed by atoms with van der Waals surface area (Å²) in [6, 6.07) is 16.8. The van der Waals surface area contributed by atoms with Crippen molar-refractivity contribution < 1.29 is 24.2 Å². The molecule has 1 heterocycles. The molecule has 0 saturated heterocycles. The minimum Gasteiger partial charge on any atom is -0.494 e. The maximum atomic E-state index is 13.2. The molecule has 0 aliphatic rings. The van der Waals surface area contributed by atoms with Crippen LogP contribution in [0.4, 0.5) is 0 Å². The third-order valence-corrected chi connectivity index (χ3v) is 9.44. The molecule has 0 bridgehead atoms. The molecule has 3 N–H and O–H groups in total. The van der Waals surface area contributed by atoms with Crippen LogP contribution < -0.4 is 15.4 Å². The predicted octanol–water partition coefficient (Wildman–Crippen LogP) is 7.83. The van der Waals surface area contributed by atoms with Gasteiger partial charge in [0.1, 0.15) is 17.8 Å². The van der Waals surface area contributed by atoms with Crippen LogP contribution in [0, 0.1) is 0 Å². The molecule has 0 spiro atoms. The number of amides is 2. The number of carboxylic acids is 1. The maximum absolute atomic E-state index is 13.2. The van der Waals surface area contributed by atoms with Gasteiger partial charge in [-0.3, -0.25) is 14.4 Å². The van der Waals surface area contributed by atoms with Gasteiger partial charge in [-0.15, -0.1) is 11.3 Å². The van der Waals surface area contributed by atoms with Crippen molar-refractivity contribution >= 4 is 47.2 Å². The molecule has 1 aromatic heterocycles. The van der Waals surface area contributed by atoms with Crippen LogP contribution in [0.25, 0.3) is 5.57 Å². The molecule has 3 rings (SSSR count). The molecule has 10 heteroatoms. The number of carbonyl (C=O) groups is 3. The van der Waals surface area contributed by atoms with Crippen molar-refractivity contribution in [2.45, 2.75) is 97.6 Å². The second-order valence-electron chi connectivity index (χ2n) is 13.1. The molecule has 2 amide bonds. The van der Waals surface area contributed by atoms with E-state index < -0.39 is 29.9 Å². The smallest absolute Gasteiger partial charge is 0.325 e. The number of rotatable bonds is 17. The minimum absolute atomic E-state index is 0.122. The second-order valence-corrected chi connectivity index (χ2v) is 14.2. The van der Waals surface area contributed by atoms with E-state index in [1.807, 2.05) is 61.5 Å². The van der Waals surface area contributed by atoms with Crippen LogP contribution in [0.5, 0.6) is 5.75 Å². The summed E-state index contributed by atoms with van der Waals surface area (Å²) in [5.74, 6) is -0.872. The zero-order valence-corrected chi connectivity index (χ0v) is 30.4. The Labute approximate surface area is 294 Å². The van der Waals surface area contributed by atoms with Gasteiger partial charge in [0.2, 0.25) is 5.91 Å². The molecular formula is C39H50N4O5S. The molecule has 2 aromatic carbocycles. The third-order valence-electron chi connectivity index (χ3n) is 7.93. The quantitative estimate of drug-likeness (QED) is 0.0757. The summed E-state index contributed by atoms with van der Waals surface area (Å²) in [5, 5.41) is 14.6. The Morgan fingerprint density at radius 1 is 0.939 bits per heavy atom. The molecule has 0 aliphatic heterocycles. The fourth-order valence-electron chi connectivity index (χ4n) is 4.85. The highest BCUT2D eigenvalue weighted by Crippen LogP contribution is 2.29. The van der Waals surface area contributed by atoms with Gasteiger partial charge in [0.05, 0.1) is 11.5 Å². The normalized spacial score (nSPS) is 13.3. The van der Waals surface area contributed by atoms with Crippen LogP contribution in [-0.4, -0.2) is 54.1 Å². The number of ether oxygens (including phenoxy) is 1. The molecule has 262 valence electrons. The van der Waals surface area contributed by atoms with Crippen molar-refractivity contribution in [2.75, 3.05) is 6.61 Å². The number of aliphatic carboxylic acids is 1. The lowest BCUT2D eigenvalue weighted by Crippen LogP contribution is -2.51. The number of carbonyl (C=O) groups excluding carboxylic acids is 2. The number of thiophene rings is 1. The Bertz CT molecular complexity index is 1620. The van der Waals surface area contributed by atoms with Crippen LogP contribution in [0.3, 0.4) is 0 Å². The molecule has 0 aliphatic carbocycles. The van der Waals surface area contributed by atoms with Gasteiger partial charge in [-0.05, 0) is 73.4 Å². The summed E-state index contributed by atoms with van der Waals surface area (Å²) in [6.45, 7) is 16.2. The van der Waals surface area contributed by atoms with Crippen molar-refractivity contribution in [3.8, 4) is 5.75 Å². The summed E-state index contributed by atoms with van der Waals surface area (Å²) in [7, 11) is 0. The Morgan fingerprint density at radius 2 is 1.59 bits per heavy atom. The lowest BCUT2D eigenvalue weighted by atomic mass is 9.95. The van der Waals surface area contributed by atoms with Gasteiger partial charge in [0.15, 0.2) is 5.84 Å². The zero-order valence-electron chi connectivity index (χ0n) is 29.5. The molecule has 9 nitrogen and oxygen atoms in total. The highest BCUT2D eigenvalue weighted by molar-refractivity contribution is 7.14. The van der Waals surface area contributed by atoms with E-state index in [-0.39, 0.29) is 11.8 Å². The van der Waals surface area contributed by atoms with Crippen molar-refractivity contribution in [3.63, 3.8) is 0 Å². The second kappa shape index (κ2) is 18.8. The molecular weight excluding hydrogens is 637 g/mol. The van der Waals surface area contributed by atoms with Crippen molar-refractivity contribution in [1.29, 1.82) is 0 Å². The number of nitrogens with one attached hydrogen (secondary N) is 2. The van der Waals surface area contributed by atoms with Gasteiger partial charge in [0.25, 0.3) is 5.91 Å². The first kappa shape index (κ1) is 38.9. The van der Waals surface area contributed by atoms with Gasteiger partial charge >= 0.3 is 5.97 Å². The van der Waals surface area contributed by atoms with Gasteiger partial charge in [-0.1, -0.05) is 89.8 Å². The van der Waals surface area contributed by atoms with Crippen LogP contribution in [0.1, 0.15) is 105 Å². The van der Waals surface area contributed by atoms with Gasteiger partial charge < -0.3 is 20.5 Å². The summed E-state index contributed by atoms with van der Waals surface area (Å²) in [4.78, 5) is 47.9. The number of unbranched alkanes of at least 4 members (excludes halogenated alkanes) is 4. The molecule has 3 aromatic rings. The SMILES string of the molecule is C=NC(=N/C=C(\C)c1ccc(OCCCCCCC)cc1)c1ccc(C[C@@H](NC(=O)c2ccc(C(C)(C)C)s2)C(=O)N[C@H](C)C(=O)O)cc1. The molecule has 0 unspecified atom stereocenters. The Kier molecular flexibility index (Phi) is 14.9. The highest BCUT2D eigenvalue weighted by Gasteiger charge is 2.26. The molecule has 49 heavy (non-hydrogen) atoms. The van der Waals surface area contributed by atoms with E-state index in [0.717, 1.165) is 45.9 Å². The van der Waals surface area contributed by atoms with Gasteiger partial charge in [-0.2, -0.15) is 0 Å². The van der Waals surface area contributed by atoms with Crippen molar-refractivity contribution in [2.24, 2.45) is 9.98 Å². The fourth-order valence-corrected chi connectivity index (χ4v) is 5.82. The van der Waals surface area contributed by atoms with E-state index in [1.165, 1.54) is 43.9 Å². The zero-order chi connectivity index (χ0) is 36.0. The average Bonchev–Trinajstić information content (AvgIpc) is 3.59. The Hall–Kier alpha value is -4.57. The number of benzene rings is 2. The van der Waals surface area contributed by atoms with Crippen molar-refractivity contribution in [3.05, 3.63) is 93.3 Å². The van der Waals surface area contributed by atoms with E-state index in [0.29, 0.717) is 10.7 Å². The fraction of sp³-hybridized carbons (Fsp3) is 0.410. The Morgan fingerprint density at radius 3 is 2.18 bits per heavy atom. The average molecular weight is 687 g/mol. The largest absolute Gasteiger partial charge is 0.494 e. The van der Waals surface area contributed by atoms with Crippen LogP contribution >= 0.6 is 11.3 Å². The van der Waals surface area contributed by atoms with Crippen LogP contribution in [0.15, 0.2) is 76.8 Å². The molecule has 0 radical (unpaired) electrons. The topological polar surface area (TPSA) is 129 Å². The molecule has 2 atom stereocenters. The number of amidine groups is 1. The molecule has 0 fully saturated rings. The number of hydrogen-bond acceptors (Lipinski definition) is 6. The lowest BCUT2D eigenvalue weighted by molar-refractivity contribution is -0.141. The first-order chi connectivity index (χ1) is 23.3. The summed E-state index contributed by atoms with van der Waals surface area (Å²) < 4.78 is 5.88. The minimum atomic E-state index is -1.17. The lowest BCUT2D eigenvalue weighted by Gasteiger charge is -2.20. The number of nitrogens with zero attached hydrogens (tertiary/aromatic N) is 2. The number of carboxylic acid groups (broad SMARTS) is 1. The highest BCUT2D eigenvalue weighted by atomic mass is 32.1. The monoisotopic (exact) mass is 686 g/mol. The van der Waals surface area contributed by atoms with Crippen LogP contribution in [0.2, 0.25) is 0 Å². The van der Waals surface area contributed by atoms with E-state index in [1.54, 1.807) is 12.3 Å². The van der Waals surface area contributed by atoms with Crippen molar-refractivity contribution in [1.82, 2.24) is 10.6 Å². The standard InChI is InChI=1S/C39H50N4O5S/c1-8-9-10-11-12-23-48-31-19-17-29(18-20-31)26(2)25-41-35(40-7)30-15-13-28(14-16-30)24-32(36(44)42-27(3)38(46)47)43-37(45)33-21-22-34(49-33)39(4,5)6/h13-22,25,27,32H,7-12,23-24H2,1-6H3,(H,42,44)(H,43,45)(H,46,47)/b26-25+,41-35?/t27-,32-/m1/s1. The third kappa shape index (κ3) is 12.4. The number of allylic oxidation sites excluding steroid dienone is 1. The first-order valence-corrected chi connectivity index (χ1v) is 17.6.